The molecular formula is C22H33N3O5S. The Morgan fingerprint density at radius 3 is 2.42 bits per heavy atom. The second-order valence-electron chi connectivity index (χ2n) is 8.75. The van der Waals surface area contributed by atoms with Crippen LogP contribution in [0.2, 0.25) is 0 Å². The van der Waals surface area contributed by atoms with Gasteiger partial charge in [0.2, 0.25) is 21.8 Å². The van der Waals surface area contributed by atoms with Gasteiger partial charge in [0.25, 0.3) is 0 Å². The lowest BCUT2D eigenvalue weighted by Gasteiger charge is -2.47. The van der Waals surface area contributed by atoms with Crippen LogP contribution in [0.15, 0.2) is 24.3 Å². The Kier molecular flexibility index (Phi) is 7.26. The van der Waals surface area contributed by atoms with Gasteiger partial charge >= 0.3 is 0 Å². The van der Waals surface area contributed by atoms with Gasteiger partial charge in [0.1, 0.15) is 11.3 Å². The minimum absolute atomic E-state index is 0.0282. The molecule has 1 N–H and O–H groups in total. The summed E-state index contributed by atoms with van der Waals surface area (Å²) in [7, 11) is -2.11. The van der Waals surface area contributed by atoms with Crippen molar-refractivity contribution >= 4 is 27.5 Å². The van der Waals surface area contributed by atoms with Gasteiger partial charge in [0.15, 0.2) is 0 Å². The second kappa shape index (κ2) is 9.56. The molecule has 0 bridgehead atoms. The van der Waals surface area contributed by atoms with Crippen LogP contribution in [-0.4, -0.2) is 62.6 Å². The van der Waals surface area contributed by atoms with Crippen LogP contribution in [-0.2, 0) is 19.6 Å². The lowest BCUT2D eigenvalue weighted by atomic mass is 9.92. The zero-order valence-corrected chi connectivity index (χ0v) is 19.4. The first-order valence-corrected chi connectivity index (χ1v) is 12.7. The van der Waals surface area contributed by atoms with Crippen LogP contribution in [0.25, 0.3) is 0 Å². The summed E-state index contributed by atoms with van der Waals surface area (Å²) in [5.41, 5.74) is -0.875. The summed E-state index contributed by atoms with van der Waals surface area (Å²) in [4.78, 5) is 28.2. The molecule has 9 heteroatoms. The number of carbonyl (C=O) groups is 2. The summed E-state index contributed by atoms with van der Waals surface area (Å²) >= 11 is 0. The lowest BCUT2D eigenvalue weighted by molar-refractivity contribution is -0.133. The van der Waals surface area contributed by atoms with E-state index in [4.69, 9.17) is 4.74 Å². The molecule has 3 rings (SSSR count). The molecule has 0 radical (unpaired) electrons. The Labute approximate surface area is 185 Å². The highest BCUT2D eigenvalue weighted by molar-refractivity contribution is 7.88. The van der Waals surface area contributed by atoms with Crippen LogP contribution in [0.3, 0.4) is 0 Å². The topological polar surface area (TPSA) is 96.0 Å². The number of sulfonamides is 1. The van der Waals surface area contributed by atoms with E-state index in [1.54, 1.807) is 31.2 Å². The zero-order valence-electron chi connectivity index (χ0n) is 18.6. The molecule has 1 aromatic carbocycles. The predicted molar refractivity (Wildman–Crippen MR) is 120 cm³/mol. The first-order chi connectivity index (χ1) is 14.6. The smallest absolute Gasteiger partial charge is 0.247 e. The molecule has 2 amide bonds. The third-order valence-electron chi connectivity index (χ3n) is 6.25. The quantitative estimate of drug-likeness (QED) is 0.741. The number of ether oxygens (including phenoxy) is 1. The Hall–Kier alpha value is -2.13. The molecule has 1 saturated carbocycles. The lowest BCUT2D eigenvalue weighted by Crippen LogP contribution is -2.70. The molecule has 2 fully saturated rings. The van der Waals surface area contributed by atoms with Gasteiger partial charge in [0, 0.05) is 24.3 Å². The van der Waals surface area contributed by atoms with Crippen molar-refractivity contribution in [2.75, 3.05) is 31.4 Å². The molecule has 8 nitrogen and oxygen atoms in total. The van der Waals surface area contributed by atoms with Crippen LogP contribution in [0, 0.1) is 0 Å². The van der Waals surface area contributed by atoms with Gasteiger partial charge in [-0.2, -0.15) is 4.31 Å². The third kappa shape index (κ3) is 5.38. The minimum atomic E-state index is -3.64. The van der Waals surface area contributed by atoms with Crippen LogP contribution >= 0.6 is 0 Å². The maximum atomic E-state index is 13.6. The van der Waals surface area contributed by atoms with Crippen LogP contribution in [0.4, 0.5) is 5.69 Å². The van der Waals surface area contributed by atoms with Crippen molar-refractivity contribution in [2.24, 2.45) is 0 Å². The van der Waals surface area contributed by atoms with Crippen molar-refractivity contribution in [2.45, 2.75) is 63.5 Å². The molecule has 1 unspecified atom stereocenters. The van der Waals surface area contributed by atoms with Crippen molar-refractivity contribution in [3.8, 4) is 5.75 Å². The number of hydrogen-bond donors (Lipinski definition) is 1. The van der Waals surface area contributed by atoms with Crippen LogP contribution in [0.1, 0.15) is 51.9 Å². The highest BCUT2D eigenvalue weighted by Gasteiger charge is 2.50. The van der Waals surface area contributed by atoms with Gasteiger partial charge in [-0.1, -0.05) is 38.2 Å². The fourth-order valence-corrected chi connectivity index (χ4v) is 5.33. The van der Waals surface area contributed by atoms with E-state index in [1.165, 1.54) is 18.4 Å². The molecule has 172 valence electrons. The number of benzene rings is 1. The summed E-state index contributed by atoms with van der Waals surface area (Å²) in [5.74, 6) is -0.221. The fourth-order valence-electron chi connectivity index (χ4n) is 4.49. The highest BCUT2D eigenvalue weighted by atomic mass is 32.2. The van der Waals surface area contributed by atoms with Crippen molar-refractivity contribution < 1.29 is 22.7 Å². The molecule has 1 aliphatic heterocycles. The third-order valence-corrected chi connectivity index (χ3v) is 7.45. The average Bonchev–Trinajstić information content (AvgIpc) is 2.68. The van der Waals surface area contributed by atoms with Crippen LogP contribution in [0.5, 0.6) is 5.75 Å². The van der Waals surface area contributed by atoms with E-state index in [-0.39, 0.29) is 25.0 Å². The molecule has 1 aromatic rings. The number of hydrogen-bond acceptors (Lipinski definition) is 5. The van der Waals surface area contributed by atoms with Gasteiger partial charge < -0.3 is 10.1 Å². The Bertz CT molecular complexity index is 911. The van der Waals surface area contributed by atoms with Gasteiger partial charge in [-0.15, -0.1) is 0 Å². The van der Waals surface area contributed by atoms with Crippen molar-refractivity contribution in [3.63, 3.8) is 0 Å². The molecular weight excluding hydrogens is 418 g/mol. The first-order valence-electron chi connectivity index (χ1n) is 10.9. The maximum absolute atomic E-state index is 13.6. The molecule has 1 saturated heterocycles. The summed E-state index contributed by atoms with van der Waals surface area (Å²) in [5, 5.41) is 3.13. The van der Waals surface area contributed by atoms with E-state index < -0.39 is 21.5 Å². The number of amides is 2. The second-order valence-corrected chi connectivity index (χ2v) is 10.7. The largest absolute Gasteiger partial charge is 0.497 e. The number of nitrogens with zero attached hydrogens (tertiary/aromatic N) is 2. The first kappa shape index (κ1) is 23.5. The molecule has 1 aliphatic carbocycles. The van der Waals surface area contributed by atoms with Gasteiger partial charge in [0.05, 0.1) is 19.9 Å². The standard InChI is InChI=1S/C22H33N3O5S/c1-22(21(27)23-17-10-7-5-4-6-8-11-17)16-24(31(3,28)29)15-20(26)25(22)18-12-9-13-19(14-18)30-2/h9,12-14,17H,4-8,10-11,15-16H2,1-3H3,(H,23,27). The number of methoxy groups -OCH3 is 1. The molecule has 2 aliphatic rings. The molecule has 1 atom stereocenters. The fraction of sp³-hybridized carbons (Fsp3) is 0.636. The molecule has 1 heterocycles. The normalized spacial score (nSPS) is 24.4. The summed E-state index contributed by atoms with van der Waals surface area (Å²) < 4.78 is 30.9. The minimum Gasteiger partial charge on any atom is -0.497 e. The van der Waals surface area contributed by atoms with Crippen molar-refractivity contribution in [1.29, 1.82) is 0 Å². The molecule has 0 spiro atoms. The maximum Gasteiger partial charge on any atom is 0.247 e. The summed E-state index contributed by atoms with van der Waals surface area (Å²) in [6.45, 7) is 1.23. The monoisotopic (exact) mass is 451 g/mol. The predicted octanol–water partition coefficient (Wildman–Crippen LogP) is 2.29. The van der Waals surface area contributed by atoms with Crippen molar-refractivity contribution in [1.82, 2.24) is 9.62 Å². The number of anilines is 1. The van der Waals surface area contributed by atoms with Gasteiger partial charge in [-0.25, -0.2) is 8.42 Å². The van der Waals surface area contributed by atoms with Gasteiger partial charge in [-0.05, 0) is 31.9 Å². The highest BCUT2D eigenvalue weighted by Crippen LogP contribution is 2.33. The number of carbonyl (C=O) groups excluding carboxylic acids is 2. The molecule has 0 aromatic heterocycles. The number of rotatable bonds is 5. The Morgan fingerprint density at radius 1 is 1.16 bits per heavy atom. The molecule has 31 heavy (non-hydrogen) atoms. The Morgan fingerprint density at radius 2 is 1.81 bits per heavy atom. The number of nitrogens with one attached hydrogen (secondary N) is 1. The van der Waals surface area contributed by atoms with E-state index in [2.05, 4.69) is 5.32 Å². The summed E-state index contributed by atoms with van der Waals surface area (Å²) in [6, 6.07) is 6.96. The Balaban J connectivity index is 1.95. The zero-order chi connectivity index (χ0) is 22.6. The van der Waals surface area contributed by atoms with E-state index in [0.29, 0.717) is 11.4 Å². The SMILES string of the molecule is COc1cccc(N2C(=O)CN(S(C)(=O)=O)CC2(C)C(=O)NC2CCCCCCC2)c1. The summed E-state index contributed by atoms with van der Waals surface area (Å²) in [6.07, 6.45) is 8.48. The van der Waals surface area contributed by atoms with Crippen molar-refractivity contribution in [3.05, 3.63) is 24.3 Å². The van der Waals surface area contributed by atoms with Gasteiger partial charge in [-0.3, -0.25) is 14.5 Å². The van der Waals surface area contributed by atoms with E-state index in [9.17, 15) is 18.0 Å². The number of piperazine rings is 1. The average molecular weight is 452 g/mol. The van der Waals surface area contributed by atoms with E-state index in [1.807, 2.05) is 0 Å². The van der Waals surface area contributed by atoms with Crippen LogP contribution < -0.4 is 15.0 Å². The van der Waals surface area contributed by atoms with E-state index >= 15 is 0 Å². The van der Waals surface area contributed by atoms with E-state index in [0.717, 1.165) is 49.1 Å².